The zero-order valence-corrected chi connectivity index (χ0v) is 23.4. The Morgan fingerprint density at radius 1 is 0.976 bits per heavy atom. The van der Waals surface area contributed by atoms with E-state index < -0.39 is 53.0 Å². The van der Waals surface area contributed by atoms with E-state index in [1.54, 1.807) is 18.2 Å². The second-order valence-electron chi connectivity index (χ2n) is 9.27. The van der Waals surface area contributed by atoms with Gasteiger partial charge < -0.3 is 19.9 Å². The highest BCUT2D eigenvalue weighted by molar-refractivity contribution is 8.01. The van der Waals surface area contributed by atoms with Crippen LogP contribution in [0.15, 0.2) is 52.9 Å². The van der Waals surface area contributed by atoms with Gasteiger partial charge in [-0.15, -0.1) is 10.2 Å². The molecule has 3 aromatic carbocycles. The van der Waals surface area contributed by atoms with E-state index in [0.717, 1.165) is 20.5 Å². The molecule has 0 spiro atoms. The van der Waals surface area contributed by atoms with Gasteiger partial charge in [-0.2, -0.15) is 0 Å². The van der Waals surface area contributed by atoms with Gasteiger partial charge in [-0.05, 0) is 30.2 Å². The average molecular weight is 624 g/mol. The molecule has 1 fully saturated rings. The van der Waals surface area contributed by atoms with Crippen molar-refractivity contribution in [2.45, 2.75) is 42.8 Å². The molecule has 4 aromatic rings. The second-order valence-corrected chi connectivity index (χ2v) is 11.7. The number of carbonyl (C=O) groups is 1. The van der Waals surface area contributed by atoms with E-state index in [0.29, 0.717) is 17.7 Å². The molecule has 42 heavy (non-hydrogen) atoms. The molecule has 7 nitrogen and oxygen atoms in total. The van der Waals surface area contributed by atoms with Gasteiger partial charge in [-0.1, -0.05) is 59.5 Å². The Hall–Kier alpha value is -3.43. The van der Waals surface area contributed by atoms with Crippen molar-refractivity contribution in [3.63, 3.8) is 0 Å². The smallest absolute Gasteiger partial charge is 0.261 e. The standard InChI is InChI=1S/C28H22F5N3O4S2/c1-13-35-36-28(42-13)41-12-18-10-19(15-7-5-14(11-37)6-8-15)40-27(39-18)16-3-2-4-17(9-16)34-26(38)20-21(29)23(31)25(33)24(32)22(20)30/h2-9,18-19,27,37H,10-12H2,1H3,(H,34,38)/t18-,19+,27+/m1/s1. The van der Waals surface area contributed by atoms with Crippen molar-refractivity contribution in [1.29, 1.82) is 0 Å². The third-order valence-electron chi connectivity index (χ3n) is 6.37. The van der Waals surface area contributed by atoms with Crippen LogP contribution in [0.4, 0.5) is 27.6 Å². The van der Waals surface area contributed by atoms with Crippen LogP contribution in [-0.2, 0) is 16.1 Å². The molecule has 0 saturated carbocycles. The number of ether oxygens (including phenoxy) is 2. The Kier molecular flexibility index (Phi) is 9.18. The van der Waals surface area contributed by atoms with Crippen LogP contribution in [0.3, 0.4) is 0 Å². The van der Waals surface area contributed by atoms with Gasteiger partial charge in [0, 0.05) is 23.4 Å². The fourth-order valence-corrected chi connectivity index (χ4v) is 6.14. The molecule has 0 aliphatic carbocycles. The number of nitrogens with one attached hydrogen (secondary N) is 1. The summed E-state index contributed by atoms with van der Waals surface area (Å²) in [5, 5.41) is 20.6. The Bertz CT molecular complexity index is 1580. The van der Waals surface area contributed by atoms with Gasteiger partial charge >= 0.3 is 0 Å². The highest BCUT2D eigenvalue weighted by atomic mass is 32.2. The first kappa shape index (κ1) is 30.0. The van der Waals surface area contributed by atoms with Crippen LogP contribution in [0.25, 0.3) is 0 Å². The Labute approximate surface area is 244 Å². The number of hydrogen-bond donors (Lipinski definition) is 2. The third-order valence-corrected chi connectivity index (χ3v) is 8.47. The van der Waals surface area contributed by atoms with Crippen LogP contribution in [0.2, 0.25) is 0 Å². The number of halogens is 5. The first-order valence-corrected chi connectivity index (χ1v) is 14.3. The number of carbonyl (C=O) groups excluding carboxylic acids is 1. The largest absolute Gasteiger partial charge is 0.392 e. The number of aryl methyl sites for hydroxylation is 1. The van der Waals surface area contributed by atoms with Gasteiger partial charge in [0.1, 0.15) is 10.6 Å². The monoisotopic (exact) mass is 623 g/mol. The molecule has 1 saturated heterocycles. The number of anilines is 1. The zero-order chi connectivity index (χ0) is 30.0. The van der Waals surface area contributed by atoms with Crippen LogP contribution >= 0.6 is 23.1 Å². The molecule has 5 rings (SSSR count). The van der Waals surface area contributed by atoms with Gasteiger partial charge in [-0.25, -0.2) is 22.0 Å². The lowest BCUT2D eigenvalue weighted by atomic mass is 10.0. The van der Waals surface area contributed by atoms with Crippen molar-refractivity contribution in [2.75, 3.05) is 11.1 Å². The summed E-state index contributed by atoms with van der Waals surface area (Å²) >= 11 is 2.93. The summed E-state index contributed by atoms with van der Waals surface area (Å²) in [6.07, 6.45) is -1.16. The Morgan fingerprint density at radius 3 is 2.31 bits per heavy atom. The summed E-state index contributed by atoms with van der Waals surface area (Å²) in [6, 6.07) is 13.2. The number of nitrogens with zero attached hydrogens (tertiary/aromatic N) is 2. The Balaban J connectivity index is 1.38. The maximum Gasteiger partial charge on any atom is 0.261 e. The summed E-state index contributed by atoms with van der Waals surface area (Å²) in [7, 11) is 0. The number of amides is 1. The molecule has 1 aliphatic rings. The highest BCUT2D eigenvalue weighted by Crippen LogP contribution is 2.40. The lowest BCUT2D eigenvalue weighted by molar-refractivity contribution is -0.245. The van der Waals surface area contributed by atoms with E-state index in [4.69, 9.17) is 9.47 Å². The van der Waals surface area contributed by atoms with Gasteiger partial charge in [0.25, 0.3) is 5.91 Å². The Morgan fingerprint density at radius 2 is 1.67 bits per heavy atom. The first-order chi connectivity index (χ1) is 20.1. The molecular formula is C28H22F5N3O4S2. The van der Waals surface area contributed by atoms with E-state index in [9.17, 15) is 31.9 Å². The number of aromatic nitrogens is 2. The number of rotatable bonds is 8. The van der Waals surface area contributed by atoms with Gasteiger partial charge in [0.15, 0.2) is 33.9 Å². The average Bonchev–Trinajstić information content (AvgIpc) is 3.43. The summed E-state index contributed by atoms with van der Waals surface area (Å²) in [4.78, 5) is 12.6. The molecule has 220 valence electrons. The van der Waals surface area contributed by atoms with Crippen molar-refractivity contribution in [2.24, 2.45) is 0 Å². The van der Waals surface area contributed by atoms with Crippen molar-refractivity contribution >= 4 is 34.7 Å². The van der Waals surface area contributed by atoms with E-state index in [2.05, 4.69) is 15.5 Å². The maximum atomic E-state index is 14.2. The SMILES string of the molecule is Cc1nnc(SC[C@H]2C[C@@H](c3ccc(CO)cc3)O[C@@H](c3cccc(NC(=O)c4c(F)c(F)c(F)c(F)c4F)c3)O2)s1. The first-order valence-electron chi connectivity index (χ1n) is 12.5. The summed E-state index contributed by atoms with van der Waals surface area (Å²) < 4.78 is 82.3. The number of hydrogen-bond acceptors (Lipinski definition) is 8. The lowest BCUT2D eigenvalue weighted by Crippen LogP contribution is -2.31. The van der Waals surface area contributed by atoms with Crippen LogP contribution in [0.5, 0.6) is 0 Å². The molecule has 14 heteroatoms. The fourth-order valence-electron chi connectivity index (χ4n) is 4.28. The van der Waals surface area contributed by atoms with Crippen molar-refractivity contribution in [3.8, 4) is 0 Å². The predicted molar refractivity (Wildman–Crippen MR) is 144 cm³/mol. The summed E-state index contributed by atoms with van der Waals surface area (Å²) in [5.74, 6) is -12.3. The number of benzene rings is 3. The molecule has 1 amide bonds. The van der Waals surface area contributed by atoms with Gasteiger partial charge in [-0.3, -0.25) is 4.79 Å². The second kappa shape index (κ2) is 12.8. The van der Waals surface area contributed by atoms with Gasteiger partial charge in [0.05, 0.1) is 18.8 Å². The van der Waals surface area contributed by atoms with Crippen molar-refractivity contribution in [3.05, 3.63) is 105 Å². The number of aliphatic hydroxyl groups is 1. The quantitative estimate of drug-likeness (QED) is 0.0986. The number of thioether (sulfide) groups is 1. The number of aliphatic hydroxyl groups excluding tert-OH is 1. The third kappa shape index (κ3) is 6.47. The minimum atomic E-state index is -2.36. The van der Waals surface area contributed by atoms with E-state index in [1.807, 2.05) is 19.1 Å². The summed E-state index contributed by atoms with van der Waals surface area (Å²) in [5.41, 5.74) is 0.427. The van der Waals surface area contributed by atoms with Gasteiger partial charge in [0.2, 0.25) is 5.82 Å². The molecule has 2 heterocycles. The molecule has 3 atom stereocenters. The molecule has 1 aromatic heterocycles. The predicted octanol–water partition coefficient (Wildman–Crippen LogP) is 6.62. The van der Waals surface area contributed by atoms with E-state index in [1.165, 1.54) is 41.3 Å². The van der Waals surface area contributed by atoms with Crippen LogP contribution in [0.1, 0.15) is 50.9 Å². The van der Waals surface area contributed by atoms with Crippen LogP contribution in [-0.4, -0.2) is 33.1 Å². The molecule has 0 radical (unpaired) electrons. The highest BCUT2D eigenvalue weighted by Gasteiger charge is 2.33. The van der Waals surface area contributed by atoms with Crippen molar-refractivity contribution < 1.29 is 41.3 Å². The minimum absolute atomic E-state index is 0.0123. The fraction of sp³-hybridized carbons (Fsp3) is 0.250. The molecular weight excluding hydrogens is 601 g/mol. The zero-order valence-electron chi connectivity index (χ0n) is 21.7. The van der Waals surface area contributed by atoms with Crippen molar-refractivity contribution in [1.82, 2.24) is 10.2 Å². The molecule has 1 aliphatic heterocycles. The molecule has 0 bridgehead atoms. The topological polar surface area (TPSA) is 93.6 Å². The molecule has 2 N–H and O–H groups in total. The maximum absolute atomic E-state index is 14.2. The van der Waals surface area contributed by atoms with Crippen LogP contribution < -0.4 is 5.32 Å². The summed E-state index contributed by atoms with van der Waals surface area (Å²) in [6.45, 7) is 1.74. The van der Waals surface area contributed by atoms with E-state index in [-0.39, 0.29) is 18.4 Å². The minimum Gasteiger partial charge on any atom is -0.392 e. The van der Waals surface area contributed by atoms with Crippen LogP contribution in [0, 0.1) is 36.0 Å². The molecule has 0 unspecified atom stereocenters. The normalized spacial score (nSPS) is 18.7. The van der Waals surface area contributed by atoms with E-state index >= 15 is 0 Å². The lowest BCUT2D eigenvalue weighted by Gasteiger charge is -2.36.